The quantitative estimate of drug-likeness (QED) is 0.564. The summed E-state index contributed by atoms with van der Waals surface area (Å²) in [7, 11) is 0. The second-order valence-corrected chi connectivity index (χ2v) is 4.41. The molecule has 0 heterocycles. The van der Waals surface area contributed by atoms with Crippen LogP contribution in [0.1, 0.15) is 58.8 Å². The van der Waals surface area contributed by atoms with Gasteiger partial charge in [0.15, 0.2) is 0 Å². The summed E-state index contributed by atoms with van der Waals surface area (Å²) < 4.78 is 0. The normalized spacial score (nSPS) is 10.8. The van der Waals surface area contributed by atoms with E-state index in [1.54, 1.807) is 0 Å². The van der Waals surface area contributed by atoms with Crippen LogP contribution in [0.25, 0.3) is 0 Å². The van der Waals surface area contributed by atoms with Crippen LogP contribution in [0.3, 0.4) is 0 Å². The van der Waals surface area contributed by atoms with Gasteiger partial charge in [-0.15, -0.1) is 0 Å². The summed E-state index contributed by atoms with van der Waals surface area (Å²) in [5.74, 6) is 0.473. The Morgan fingerprint density at radius 1 is 1.12 bits per heavy atom. The fourth-order valence-electron chi connectivity index (χ4n) is 1.91. The summed E-state index contributed by atoms with van der Waals surface area (Å²) >= 11 is 0. The fourth-order valence-corrected chi connectivity index (χ4v) is 1.91. The molecule has 0 unspecified atom stereocenters. The standard InChI is InChI=1S/C13H28N2O/c1-3-8-12(9-4-2)13(16)15-11-7-5-6-10-14/h12H,3-11,14H2,1-2H3,(H,15,16). The number of rotatable bonds is 10. The van der Waals surface area contributed by atoms with Crippen LogP contribution >= 0.6 is 0 Å². The van der Waals surface area contributed by atoms with E-state index in [1.807, 2.05) is 0 Å². The zero-order chi connectivity index (χ0) is 12.2. The molecule has 0 radical (unpaired) electrons. The van der Waals surface area contributed by atoms with Crippen molar-refractivity contribution < 1.29 is 4.79 Å². The molecular weight excluding hydrogens is 200 g/mol. The van der Waals surface area contributed by atoms with Gasteiger partial charge in [-0.1, -0.05) is 33.1 Å². The Labute approximate surface area is 100 Å². The Balaban J connectivity index is 3.65. The Morgan fingerprint density at radius 3 is 2.25 bits per heavy atom. The summed E-state index contributed by atoms with van der Waals surface area (Å²) in [5.41, 5.74) is 5.41. The molecule has 3 nitrogen and oxygen atoms in total. The lowest BCUT2D eigenvalue weighted by atomic mass is 9.97. The lowest BCUT2D eigenvalue weighted by Crippen LogP contribution is -2.31. The highest BCUT2D eigenvalue weighted by atomic mass is 16.1. The van der Waals surface area contributed by atoms with Crippen molar-refractivity contribution in [2.45, 2.75) is 58.8 Å². The Morgan fingerprint density at radius 2 is 1.75 bits per heavy atom. The number of amides is 1. The van der Waals surface area contributed by atoms with E-state index >= 15 is 0 Å². The van der Waals surface area contributed by atoms with Crippen molar-refractivity contribution in [2.75, 3.05) is 13.1 Å². The first kappa shape index (κ1) is 15.4. The van der Waals surface area contributed by atoms with Gasteiger partial charge in [0.1, 0.15) is 0 Å². The minimum absolute atomic E-state index is 0.226. The van der Waals surface area contributed by atoms with E-state index in [4.69, 9.17) is 5.73 Å². The Hall–Kier alpha value is -0.570. The lowest BCUT2D eigenvalue weighted by Gasteiger charge is -2.15. The number of carbonyl (C=O) groups is 1. The van der Waals surface area contributed by atoms with E-state index in [1.165, 1.54) is 0 Å². The van der Waals surface area contributed by atoms with Crippen LogP contribution in [0.15, 0.2) is 0 Å². The molecule has 0 spiro atoms. The van der Waals surface area contributed by atoms with Gasteiger partial charge in [-0.25, -0.2) is 0 Å². The SMILES string of the molecule is CCCC(CCC)C(=O)NCCCCCN. The van der Waals surface area contributed by atoms with Gasteiger partial charge in [0.2, 0.25) is 5.91 Å². The minimum atomic E-state index is 0.226. The van der Waals surface area contributed by atoms with E-state index in [-0.39, 0.29) is 11.8 Å². The first-order chi connectivity index (χ1) is 7.76. The van der Waals surface area contributed by atoms with Gasteiger partial charge in [0, 0.05) is 12.5 Å². The van der Waals surface area contributed by atoms with Crippen molar-refractivity contribution >= 4 is 5.91 Å². The molecule has 0 aliphatic carbocycles. The van der Waals surface area contributed by atoms with Gasteiger partial charge in [0.25, 0.3) is 0 Å². The van der Waals surface area contributed by atoms with Crippen LogP contribution in [0, 0.1) is 5.92 Å². The van der Waals surface area contributed by atoms with E-state index in [0.29, 0.717) is 0 Å². The minimum Gasteiger partial charge on any atom is -0.356 e. The molecule has 0 bridgehead atoms. The van der Waals surface area contributed by atoms with Crippen LogP contribution in [-0.4, -0.2) is 19.0 Å². The number of nitrogens with two attached hydrogens (primary N) is 1. The van der Waals surface area contributed by atoms with Gasteiger partial charge in [-0.05, 0) is 32.2 Å². The summed E-state index contributed by atoms with van der Waals surface area (Å²) in [6.07, 6.45) is 7.43. The second kappa shape index (κ2) is 10.9. The van der Waals surface area contributed by atoms with E-state index < -0.39 is 0 Å². The topological polar surface area (TPSA) is 55.1 Å². The molecule has 0 saturated carbocycles. The Kier molecular flexibility index (Phi) is 10.5. The molecule has 3 heteroatoms. The average molecular weight is 228 g/mol. The summed E-state index contributed by atoms with van der Waals surface area (Å²) in [4.78, 5) is 11.8. The summed E-state index contributed by atoms with van der Waals surface area (Å²) in [6.45, 7) is 5.83. The van der Waals surface area contributed by atoms with Crippen LogP contribution in [0.2, 0.25) is 0 Å². The molecular formula is C13H28N2O. The third kappa shape index (κ3) is 7.69. The molecule has 3 N–H and O–H groups in total. The number of hydrogen-bond donors (Lipinski definition) is 2. The maximum Gasteiger partial charge on any atom is 0.223 e. The van der Waals surface area contributed by atoms with E-state index in [9.17, 15) is 4.79 Å². The zero-order valence-electron chi connectivity index (χ0n) is 10.9. The smallest absolute Gasteiger partial charge is 0.223 e. The van der Waals surface area contributed by atoms with Crippen LogP contribution in [0.4, 0.5) is 0 Å². The zero-order valence-corrected chi connectivity index (χ0v) is 10.9. The molecule has 0 fully saturated rings. The van der Waals surface area contributed by atoms with Gasteiger partial charge in [-0.3, -0.25) is 4.79 Å². The van der Waals surface area contributed by atoms with Gasteiger partial charge >= 0.3 is 0 Å². The molecule has 0 aliphatic rings. The van der Waals surface area contributed by atoms with Crippen molar-refractivity contribution in [2.24, 2.45) is 11.7 Å². The Bertz CT molecular complexity index is 165. The highest BCUT2D eigenvalue weighted by molar-refractivity contribution is 5.78. The lowest BCUT2D eigenvalue weighted by molar-refractivity contribution is -0.125. The fraction of sp³-hybridized carbons (Fsp3) is 0.923. The van der Waals surface area contributed by atoms with E-state index in [0.717, 1.165) is 58.0 Å². The monoisotopic (exact) mass is 228 g/mol. The maximum atomic E-state index is 11.8. The number of unbranched alkanes of at least 4 members (excludes halogenated alkanes) is 2. The first-order valence-electron chi connectivity index (χ1n) is 6.74. The molecule has 0 rings (SSSR count). The van der Waals surface area contributed by atoms with Crippen molar-refractivity contribution in [3.8, 4) is 0 Å². The predicted molar refractivity (Wildman–Crippen MR) is 69.2 cm³/mol. The molecule has 0 aliphatic heterocycles. The predicted octanol–water partition coefficient (Wildman–Crippen LogP) is 2.45. The third-order valence-corrected chi connectivity index (χ3v) is 2.83. The highest BCUT2D eigenvalue weighted by Crippen LogP contribution is 2.13. The van der Waals surface area contributed by atoms with Crippen LogP contribution in [-0.2, 0) is 4.79 Å². The van der Waals surface area contributed by atoms with Crippen molar-refractivity contribution in [3.63, 3.8) is 0 Å². The molecule has 0 aromatic rings. The molecule has 96 valence electrons. The summed E-state index contributed by atoms with van der Waals surface area (Å²) in [6, 6.07) is 0. The van der Waals surface area contributed by atoms with Gasteiger partial charge in [0.05, 0.1) is 0 Å². The number of hydrogen-bond acceptors (Lipinski definition) is 2. The highest BCUT2D eigenvalue weighted by Gasteiger charge is 2.15. The maximum absolute atomic E-state index is 11.8. The second-order valence-electron chi connectivity index (χ2n) is 4.41. The van der Waals surface area contributed by atoms with E-state index in [2.05, 4.69) is 19.2 Å². The van der Waals surface area contributed by atoms with Crippen molar-refractivity contribution in [1.29, 1.82) is 0 Å². The average Bonchev–Trinajstić information content (AvgIpc) is 2.28. The third-order valence-electron chi connectivity index (χ3n) is 2.83. The van der Waals surface area contributed by atoms with Crippen molar-refractivity contribution in [3.05, 3.63) is 0 Å². The van der Waals surface area contributed by atoms with Crippen LogP contribution in [0.5, 0.6) is 0 Å². The molecule has 16 heavy (non-hydrogen) atoms. The molecule has 1 amide bonds. The van der Waals surface area contributed by atoms with Crippen LogP contribution < -0.4 is 11.1 Å². The van der Waals surface area contributed by atoms with Crippen molar-refractivity contribution in [1.82, 2.24) is 5.32 Å². The molecule has 0 atom stereocenters. The van der Waals surface area contributed by atoms with Gasteiger partial charge in [-0.2, -0.15) is 0 Å². The number of nitrogens with one attached hydrogen (secondary N) is 1. The summed E-state index contributed by atoms with van der Waals surface area (Å²) in [5, 5.41) is 3.03. The first-order valence-corrected chi connectivity index (χ1v) is 6.74. The number of carbonyl (C=O) groups excluding carboxylic acids is 1. The molecule has 0 saturated heterocycles. The van der Waals surface area contributed by atoms with Gasteiger partial charge < -0.3 is 11.1 Å². The largest absolute Gasteiger partial charge is 0.356 e. The molecule has 0 aromatic carbocycles. The molecule has 0 aromatic heterocycles.